The summed E-state index contributed by atoms with van der Waals surface area (Å²) in [5.74, 6) is -1.71. The maximum absolute atomic E-state index is 13.0. The average molecular weight is 274 g/mol. The number of rotatable bonds is 5. The van der Waals surface area contributed by atoms with Crippen LogP contribution in [0.2, 0.25) is 0 Å². The first-order chi connectivity index (χ1) is 8.27. The summed E-state index contributed by atoms with van der Waals surface area (Å²) >= 11 is 0. The first-order valence-corrected chi connectivity index (χ1v) is 6.79. The normalized spacial score (nSPS) is 11.6. The predicted molar refractivity (Wildman–Crippen MR) is 67.8 cm³/mol. The molecule has 0 aliphatic heterocycles. The van der Waals surface area contributed by atoms with E-state index in [4.69, 9.17) is 0 Å². The lowest BCUT2D eigenvalue weighted by atomic mass is 10.1. The molecule has 100 valence electrons. The van der Waals surface area contributed by atoms with Crippen molar-refractivity contribution in [2.24, 2.45) is 0 Å². The van der Waals surface area contributed by atoms with E-state index in [1.54, 1.807) is 0 Å². The fourth-order valence-corrected chi connectivity index (χ4v) is 2.08. The molecule has 1 N–H and O–H groups in total. The van der Waals surface area contributed by atoms with Crippen LogP contribution in [0.25, 0.3) is 0 Å². The van der Waals surface area contributed by atoms with E-state index >= 15 is 0 Å². The van der Waals surface area contributed by atoms with Gasteiger partial charge in [-0.05, 0) is 18.2 Å². The largest absolute Gasteiger partial charge is 0.387 e. The zero-order valence-corrected chi connectivity index (χ0v) is 11.2. The van der Waals surface area contributed by atoms with E-state index in [0.717, 1.165) is 16.4 Å². The minimum absolute atomic E-state index is 0.157. The second kappa shape index (κ2) is 5.45. The number of hydrogen-bond acceptors (Lipinski definition) is 4. The van der Waals surface area contributed by atoms with E-state index < -0.39 is 27.4 Å². The molecule has 5 nitrogen and oxygen atoms in total. The number of anilines is 1. The quantitative estimate of drug-likeness (QED) is 0.812. The van der Waals surface area contributed by atoms with Gasteiger partial charge in [0.25, 0.3) is 0 Å². The van der Waals surface area contributed by atoms with Crippen LogP contribution in [0.15, 0.2) is 18.2 Å². The Bertz CT molecular complexity index is 555. The summed E-state index contributed by atoms with van der Waals surface area (Å²) in [6, 6.07) is 3.54. The second-order valence-electron chi connectivity index (χ2n) is 3.90. The van der Waals surface area contributed by atoms with Gasteiger partial charge in [0.1, 0.15) is 11.6 Å². The van der Waals surface area contributed by atoms with Gasteiger partial charge in [-0.25, -0.2) is 17.1 Å². The lowest BCUT2D eigenvalue weighted by molar-refractivity contribution is 0.102. The first-order valence-electron chi connectivity index (χ1n) is 5.18. The highest BCUT2D eigenvalue weighted by Crippen LogP contribution is 2.18. The molecule has 0 amide bonds. The molecule has 0 spiro atoms. The lowest BCUT2D eigenvalue weighted by Gasteiger charge is -2.12. The number of hydrogen-bond donors (Lipinski definition) is 1. The van der Waals surface area contributed by atoms with Crippen LogP contribution in [0.5, 0.6) is 0 Å². The summed E-state index contributed by atoms with van der Waals surface area (Å²) in [4.78, 5) is 11.9. The fraction of sp³-hybridized carbons (Fsp3) is 0.364. The highest BCUT2D eigenvalue weighted by Gasteiger charge is 2.22. The van der Waals surface area contributed by atoms with Gasteiger partial charge in [-0.1, -0.05) is 0 Å². The molecule has 0 aromatic heterocycles. The monoisotopic (exact) mass is 274 g/mol. The van der Waals surface area contributed by atoms with Crippen molar-refractivity contribution in [1.82, 2.24) is 4.31 Å². The number of halogens is 1. The van der Waals surface area contributed by atoms with Crippen molar-refractivity contribution in [3.8, 4) is 0 Å². The molecule has 0 aliphatic rings. The average Bonchev–Trinajstić information content (AvgIpc) is 2.27. The maximum Gasteiger partial charge on any atom is 0.221 e. The Balaban J connectivity index is 3.06. The Morgan fingerprint density at radius 1 is 1.39 bits per heavy atom. The molecule has 7 heteroatoms. The molecule has 0 saturated heterocycles. The highest BCUT2D eigenvalue weighted by molar-refractivity contribution is 7.89. The molecular formula is C11H15FN2O3S. The molecule has 0 bridgehead atoms. The molecule has 0 saturated carbocycles. The van der Waals surface area contributed by atoms with Crippen LogP contribution in [0.1, 0.15) is 10.4 Å². The molecule has 0 aliphatic carbocycles. The standard InChI is InChI=1S/C11H15FN2O3S/c1-13-10-6-8(12)4-5-9(10)11(15)7-18(16,17)14(2)3/h4-6,13H,7H2,1-3H3. The Morgan fingerprint density at radius 3 is 2.50 bits per heavy atom. The molecule has 0 radical (unpaired) electrons. The first kappa shape index (κ1) is 14.6. The van der Waals surface area contributed by atoms with Gasteiger partial charge in [0.15, 0.2) is 5.78 Å². The van der Waals surface area contributed by atoms with Crippen LogP contribution in [0, 0.1) is 5.82 Å². The van der Waals surface area contributed by atoms with Crippen molar-refractivity contribution in [2.75, 3.05) is 32.2 Å². The third kappa shape index (κ3) is 3.27. The van der Waals surface area contributed by atoms with Gasteiger partial charge in [-0.15, -0.1) is 0 Å². The van der Waals surface area contributed by atoms with Crippen LogP contribution < -0.4 is 5.32 Å². The number of carbonyl (C=O) groups excluding carboxylic acids is 1. The maximum atomic E-state index is 13.0. The number of carbonyl (C=O) groups is 1. The Kier molecular flexibility index (Phi) is 4.42. The number of nitrogens with zero attached hydrogens (tertiary/aromatic N) is 1. The van der Waals surface area contributed by atoms with Crippen LogP contribution in [0.3, 0.4) is 0 Å². The third-order valence-electron chi connectivity index (χ3n) is 2.42. The number of benzene rings is 1. The Morgan fingerprint density at radius 2 is 2.00 bits per heavy atom. The van der Waals surface area contributed by atoms with E-state index in [1.807, 2.05) is 0 Å². The highest BCUT2D eigenvalue weighted by atomic mass is 32.2. The molecule has 0 fully saturated rings. The van der Waals surface area contributed by atoms with Crippen molar-refractivity contribution >= 4 is 21.5 Å². The van der Waals surface area contributed by atoms with Crippen LogP contribution in [-0.4, -0.2) is 45.4 Å². The molecule has 1 aromatic rings. The molecule has 1 aromatic carbocycles. The lowest BCUT2D eigenvalue weighted by Crippen LogP contribution is -2.29. The summed E-state index contributed by atoms with van der Waals surface area (Å²) in [5.41, 5.74) is 0.429. The summed E-state index contributed by atoms with van der Waals surface area (Å²) in [5, 5.41) is 2.66. The molecule has 0 heterocycles. The van der Waals surface area contributed by atoms with E-state index in [0.29, 0.717) is 0 Å². The molecule has 0 unspecified atom stereocenters. The van der Waals surface area contributed by atoms with Gasteiger partial charge in [-0.2, -0.15) is 0 Å². The van der Waals surface area contributed by atoms with Crippen LogP contribution in [0.4, 0.5) is 10.1 Å². The zero-order chi connectivity index (χ0) is 13.9. The van der Waals surface area contributed by atoms with Gasteiger partial charge in [0, 0.05) is 32.4 Å². The number of ketones is 1. The van der Waals surface area contributed by atoms with Crippen molar-refractivity contribution in [3.05, 3.63) is 29.6 Å². The topological polar surface area (TPSA) is 66.5 Å². The summed E-state index contributed by atoms with van der Waals surface area (Å²) in [6.07, 6.45) is 0. The predicted octanol–water partition coefficient (Wildman–Crippen LogP) is 0.942. The minimum atomic E-state index is -3.62. The number of Topliss-reactive ketones (excluding diaryl/α,β-unsaturated/α-hetero) is 1. The Hall–Kier alpha value is -1.47. The number of sulfonamides is 1. The molecule has 0 atom stereocenters. The van der Waals surface area contributed by atoms with Gasteiger partial charge in [0.2, 0.25) is 10.0 Å². The smallest absolute Gasteiger partial charge is 0.221 e. The second-order valence-corrected chi connectivity index (χ2v) is 6.08. The van der Waals surface area contributed by atoms with Crippen molar-refractivity contribution in [2.45, 2.75) is 0 Å². The summed E-state index contributed by atoms with van der Waals surface area (Å²) < 4.78 is 37.1. The van der Waals surface area contributed by atoms with Crippen LogP contribution in [-0.2, 0) is 10.0 Å². The SMILES string of the molecule is CNc1cc(F)ccc1C(=O)CS(=O)(=O)N(C)C. The van der Waals surface area contributed by atoms with Crippen molar-refractivity contribution < 1.29 is 17.6 Å². The molecule has 18 heavy (non-hydrogen) atoms. The van der Waals surface area contributed by atoms with Gasteiger partial charge < -0.3 is 5.32 Å². The zero-order valence-electron chi connectivity index (χ0n) is 10.4. The van der Waals surface area contributed by atoms with E-state index in [2.05, 4.69) is 5.32 Å². The Labute approximate surface area is 106 Å². The van der Waals surface area contributed by atoms with Crippen molar-refractivity contribution in [3.63, 3.8) is 0 Å². The van der Waals surface area contributed by atoms with E-state index in [1.165, 1.54) is 27.2 Å². The van der Waals surface area contributed by atoms with Crippen LogP contribution >= 0.6 is 0 Å². The third-order valence-corrected chi connectivity index (χ3v) is 4.16. The number of nitrogens with one attached hydrogen (secondary N) is 1. The van der Waals surface area contributed by atoms with Gasteiger partial charge in [-0.3, -0.25) is 4.79 Å². The van der Waals surface area contributed by atoms with Crippen molar-refractivity contribution in [1.29, 1.82) is 0 Å². The van der Waals surface area contributed by atoms with E-state index in [-0.39, 0.29) is 11.3 Å². The summed E-state index contributed by atoms with van der Waals surface area (Å²) in [6.45, 7) is 0. The molecule has 1 rings (SSSR count). The minimum Gasteiger partial charge on any atom is -0.387 e. The van der Waals surface area contributed by atoms with Gasteiger partial charge >= 0.3 is 0 Å². The summed E-state index contributed by atoms with van der Waals surface area (Å²) in [7, 11) is 0.622. The van der Waals surface area contributed by atoms with Gasteiger partial charge in [0.05, 0.1) is 0 Å². The molecular weight excluding hydrogens is 259 g/mol. The van der Waals surface area contributed by atoms with E-state index in [9.17, 15) is 17.6 Å². The fourth-order valence-electron chi connectivity index (χ4n) is 1.34.